The molecule has 4 heteroatoms. The lowest BCUT2D eigenvalue weighted by molar-refractivity contribution is -0.131. The van der Waals surface area contributed by atoms with Crippen molar-refractivity contribution in [1.82, 2.24) is 4.98 Å². The summed E-state index contributed by atoms with van der Waals surface area (Å²) in [5.41, 5.74) is 3.25. The molecule has 0 aliphatic heterocycles. The normalized spacial score (nSPS) is 11.0. The minimum absolute atomic E-state index is 0.321. The SMILES string of the molecule is COc1ccc2c(Cc3c[nH]c4ccccc34)c(OC(C)=O)ccc2c1. The Morgan fingerprint density at radius 3 is 2.69 bits per heavy atom. The van der Waals surface area contributed by atoms with Crippen LogP contribution in [0, 0.1) is 0 Å². The van der Waals surface area contributed by atoms with Crippen LogP contribution in [0.4, 0.5) is 0 Å². The van der Waals surface area contributed by atoms with Crippen LogP contribution in [0.1, 0.15) is 18.1 Å². The second-order valence-electron chi connectivity index (χ2n) is 6.26. The number of hydrogen-bond acceptors (Lipinski definition) is 3. The average molecular weight is 345 g/mol. The molecule has 0 radical (unpaired) electrons. The van der Waals surface area contributed by atoms with Gasteiger partial charge in [-0.3, -0.25) is 4.79 Å². The molecule has 0 fully saturated rings. The molecule has 0 amide bonds. The third kappa shape index (κ3) is 2.90. The van der Waals surface area contributed by atoms with Gasteiger partial charge in [0.15, 0.2) is 0 Å². The Labute approximate surface area is 151 Å². The number of nitrogens with one attached hydrogen (secondary N) is 1. The standard InChI is InChI=1S/C22H19NO3/c1-14(24)26-22-10-7-15-11-17(25-2)8-9-18(15)20(22)12-16-13-23-21-6-4-3-5-19(16)21/h3-11,13,23H,12H2,1-2H3. The molecule has 0 spiro atoms. The Bertz CT molecular complexity index is 1110. The van der Waals surface area contributed by atoms with Crippen LogP contribution in [-0.2, 0) is 11.2 Å². The van der Waals surface area contributed by atoms with Gasteiger partial charge in [0.2, 0.25) is 0 Å². The summed E-state index contributed by atoms with van der Waals surface area (Å²) in [6.45, 7) is 1.42. The van der Waals surface area contributed by atoms with Crippen molar-refractivity contribution in [2.75, 3.05) is 7.11 Å². The average Bonchev–Trinajstić information content (AvgIpc) is 3.06. The third-order valence-electron chi connectivity index (χ3n) is 4.59. The van der Waals surface area contributed by atoms with Crippen molar-refractivity contribution in [3.05, 3.63) is 71.9 Å². The molecular formula is C22H19NO3. The molecule has 4 rings (SSSR count). The molecule has 0 aliphatic carbocycles. The summed E-state index contributed by atoms with van der Waals surface area (Å²) in [6, 6.07) is 17.9. The first-order chi connectivity index (χ1) is 12.7. The fraction of sp³-hybridized carbons (Fsp3) is 0.136. The zero-order valence-corrected chi connectivity index (χ0v) is 14.7. The fourth-order valence-electron chi connectivity index (χ4n) is 3.38. The monoisotopic (exact) mass is 345 g/mol. The summed E-state index contributed by atoms with van der Waals surface area (Å²) >= 11 is 0. The first kappa shape index (κ1) is 16.2. The maximum Gasteiger partial charge on any atom is 0.308 e. The Balaban J connectivity index is 1.88. The zero-order chi connectivity index (χ0) is 18.1. The van der Waals surface area contributed by atoms with Gasteiger partial charge in [-0.15, -0.1) is 0 Å². The number of aromatic amines is 1. The second-order valence-corrected chi connectivity index (χ2v) is 6.26. The van der Waals surface area contributed by atoms with Gasteiger partial charge in [-0.05, 0) is 40.6 Å². The summed E-state index contributed by atoms with van der Waals surface area (Å²) in [6.07, 6.45) is 2.68. The van der Waals surface area contributed by atoms with Crippen molar-refractivity contribution >= 4 is 27.6 Å². The van der Waals surface area contributed by atoms with Crippen LogP contribution in [0.25, 0.3) is 21.7 Å². The highest BCUT2D eigenvalue weighted by molar-refractivity contribution is 5.91. The van der Waals surface area contributed by atoms with Gasteiger partial charge in [0, 0.05) is 36.0 Å². The summed E-state index contributed by atoms with van der Waals surface area (Å²) in [4.78, 5) is 14.9. The van der Waals surface area contributed by atoms with E-state index in [1.165, 1.54) is 12.3 Å². The minimum atomic E-state index is -0.321. The Hall–Kier alpha value is -3.27. The molecule has 26 heavy (non-hydrogen) atoms. The smallest absolute Gasteiger partial charge is 0.308 e. The molecule has 1 N–H and O–H groups in total. The number of H-pyrrole nitrogens is 1. The van der Waals surface area contributed by atoms with Gasteiger partial charge in [-0.25, -0.2) is 0 Å². The number of benzene rings is 3. The van der Waals surface area contributed by atoms with E-state index < -0.39 is 0 Å². The number of carbonyl (C=O) groups excluding carboxylic acids is 1. The summed E-state index contributed by atoms with van der Waals surface area (Å²) < 4.78 is 10.8. The number of ether oxygens (including phenoxy) is 2. The Kier molecular flexibility index (Phi) is 4.09. The molecule has 0 bridgehead atoms. The number of hydrogen-bond donors (Lipinski definition) is 1. The number of para-hydroxylation sites is 1. The van der Waals surface area contributed by atoms with Crippen LogP contribution >= 0.6 is 0 Å². The van der Waals surface area contributed by atoms with E-state index in [-0.39, 0.29) is 5.97 Å². The van der Waals surface area contributed by atoms with Gasteiger partial charge in [-0.1, -0.05) is 30.3 Å². The van der Waals surface area contributed by atoms with E-state index in [1.807, 2.05) is 48.7 Å². The van der Waals surface area contributed by atoms with E-state index >= 15 is 0 Å². The van der Waals surface area contributed by atoms with Gasteiger partial charge < -0.3 is 14.5 Å². The van der Waals surface area contributed by atoms with Crippen LogP contribution < -0.4 is 9.47 Å². The van der Waals surface area contributed by atoms with Gasteiger partial charge in [0.1, 0.15) is 11.5 Å². The first-order valence-corrected chi connectivity index (χ1v) is 8.49. The first-order valence-electron chi connectivity index (χ1n) is 8.49. The summed E-state index contributed by atoms with van der Waals surface area (Å²) in [5.74, 6) is 1.08. The van der Waals surface area contributed by atoms with Crippen molar-refractivity contribution in [2.45, 2.75) is 13.3 Å². The van der Waals surface area contributed by atoms with Crippen molar-refractivity contribution in [1.29, 1.82) is 0 Å². The largest absolute Gasteiger partial charge is 0.497 e. The van der Waals surface area contributed by atoms with Crippen LogP contribution in [0.2, 0.25) is 0 Å². The van der Waals surface area contributed by atoms with Gasteiger partial charge in [0.05, 0.1) is 7.11 Å². The van der Waals surface area contributed by atoms with Gasteiger partial charge in [0.25, 0.3) is 0 Å². The van der Waals surface area contributed by atoms with Crippen molar-refractivity contribution in [3.63, 3.8) is 0 Å². The van der Waals surface area contributed by atoms with Crippen molar-refractivity contribution in [3.8, 4) is 11.5 Å². The van der Waals surface area contributed by atoms with Gasteiger partial charge >= 0.3 is 5.97 Å². The highest BCUT2D eigenvalue weighted by Gasteiger charge is 2.14. The predicted molar refractivity (Wildman–Crippen MR) is 103 cm³/mol. The van der Waals surface area contributed by atoms with Crippen LogP contribution in [0.15, 0.2) is 60.8 Å². The highest BCUT2D eigenvalue weighted by atomic mass is 16.5. The molecule has 1 aromatic heterocycles. The molecular weight excluding hydrogens is 326 g/mol. The number of aromatic nitrogens is 1. The Morgan fingerprint density at radius 2 is 1.88 bits per heavy atom. The summed E-state index contributed by atoms with van der Waals surface area (Å²) in [5, 5.41) is 3.27. The topological polar surface area (TPSA) is 51.3 Å². The van der Waals surface area contributed by atoms with Crippen molar-refractivity contribution < 1.29 is 14.3 Å². The second kappa shape index (κ2) is 6.56. The van der Waals surface area contributed by atoms with E-state index in [4.69, 9.17) is 9.47 Å². The quantitative estimate of drug-likeness (QED) is 0.425. The molecule has 0 aliphatic rings. The number of fused-ring (bicyclic) bond motifs is 2. The number of carbonyl (C=O) groups is 1. The van der Waals surface area contributed by atoms with Crippen LogP contribution in [0.3, 0.4) is 0 Å². The lowest BCUT2D eigenvalue weighted by Crippen LogP contribution is -2.05. The van der Waals surface area contributed by atoms with Crippen LogP contribution in [0.5, 0.6) is 11.5 Å². The maximum atomic E-state index is 11.6. The predicted octanol–water partition coefficient (Wildman–Crippen LogP) is 4.85. The van der Waals surface area contributed by atoms with E-state index in [0.29, 0.717) is 12.2 Å². The number of methoxy groups -OCH3 is 1. The molecule has 130 valence electrons. The third-order valence-corrected chi connectivity index (χ3v) is 4.59. The molecule has 4 aromatic rings. The number of rotatable bonds is 4. The molecule has 4 nitrogen and oxygen atoms in total. The van der Waals surface area contributed by atoms with E-state index in [9.17, 15) is 4.79 Å². The molecule has 0 atom stereocenters. The maximum absolute atomic E-state index is 11.6. The molecule has 0 saturated heterocycles. The van der Waals surface area contributed by atoms with Crippen molar-refractivity contribution in [2.24, 2.45) is 0 Å². The van der Waals surface area contributed by atoms with Crippen LogP contribution in [-0.4, -0.2) is 18.1 Å². The van der Waals surface area contributed by atoms with E-state index in [2.05, 4.69) is 17.1 Å². The lowest BCUT2D eigenvalue weighted by atomic mass is 9.97. The molecule has 1 heterocycles. The number of esters is 1. The molecule has 3 aromatic carbocycles. The molecule has 0 unspecified atom stereocenters. The fourth-order valence-corrected chi connectivity index (χ4v) is 3.38. The Morgan fingerprint density at radius 1 is 1.04 bits per heavy atom. The summed E-state index contributed by atoms with van der Waals surface area (Å²) in [7, 11) is 1.65. The van der Waals surface area contributed by atoms with Gasteiger partial charge in [-0.2, -0.15) is 0 Å². The van der Waals surface area contributed by atoms with E-state index in [0.717, 1.165) is 33.2 Å². The van der Waals surface area contributed by atoms with E-state index in [1.54, 1.807) is 7.11 Å². The molecule has 0 saturated carbocycles. The lowest BCUT2D eigenvalue weighted by Gasteiger charge is -2.13. The highest BCUT2D eigenvalue weighted by Crippen LogP contribution is 2.34. The minimum Gasteiger partial charge on any atom is -0.497 e. The zero-order valence-electron chi connectivity index (χ0n) is 14.7.